The highest BCUT2D eigenvalue weighted by molar-refractivity contribution is 9.09. The van der Waals surface area contributed by atoms with E-state index in [9.17, 15) is 4.79 Å². The predicted molar refractivity (Wildman–Crippen MR) is 105 cm³/mol. The molecule has 0 aliphatic rings. The molecule has 2 aromatic carbocycles. The van der Waals surface area contributed by atoms with Crippen LogP contribution in [0, 0.1) is 6.92 Å². The molecule has 0 bridgehead atoms. The van der Waals surface area contributed by atoms with E-state index >= 15 is 0 Å². The van der Waals surface area contributed by atoms with E-state index in [1.807, 2.05) is 57.2 Å². The normalized spacial score (nSPS) is 10.2. The maximum Gasteiger partial charge on any atom is 0.269 e. The van der Waals surface area contributed by atoms with Gasteiger partial charge in [-0.3, -0.25) is 4.79 Å². The average Bonchev–Trinajstić information content (AvgIpc) is 3.01. The van der Waals surface area contributed by atoms with Gasteiger partial charge in [0.1, 0.15) is 5.75 Å². The molecule has 0 spiro atoms. The quantitative estimate of drug-likeness (QED) is 0.647. The molecule has 0 atom stereocenters. The summed E-state index contributed by atoms with van der Waals surface area (Å²) in [7, 11) is 0. The molecular weight excluding hydrogens is 382 g/mol. The molecule has 0 radical (unpaired) electrons. The lowest BCUT2D eigenvalue weighted by atomic mass is 10.2. The van der Waals surface area contributed by atoms with E-state index in [-0.39, 0.29) is 5.69 Å². The van der Waals surface area contributed by atoms with Crippen molar-refractivity contribution in [2.24, 2.45) is 5.73 Å². The Morgan fingerprint density at radius 3 is 2.64 bits per heavy atom. The number of fused-ring (bicyclic) bond motifs is 1. The Bertz CT molecular complexity index is 874. The number of ether oxygens (including phenoxy) is 1. The van der Waals surface area contributed by atoms with Crippen molar-refractivity contribution in [1.29, 1.82) is 0 Å². The zero-order chi connectivity index (χ0) is 18.4. The number of hydrogen-bond acceptors (Lipinski definition) is 3. The standard InChI is InChI=1S/C17H16BrN3O2.C2H6/c1-11-3-2-4-12(9-11)21-15-6-5-13(23-8-7-18)10-14(15)16(20-21)17(19)22;1-2/h2-6,9-10H,7-8H2,1H3,(H2,19,22);1-2H3. The van der Waals surface area contributed by atoms with Gasteiger partial charge in [-0.2, -0.15) is 5.10 Å². The average molecular weight is 404 g/mol. The fourth-order valence-electron chi connectivity index (χ4n) is 2.48. The number of alkyl halides is 1. The number of aryl methyl sites for hydroxylation is 1. The molecule has 3 aromatic rings. The van der Waals surface area contributed by atoms with Gasteiger partial charge in [0.15, 0.2) is 5.69 Å². The molecule has 0 aliphatic carbocycles. The van der Waals surface area contributed by atoms with Crippen molar-refractivity contribution in [2.75, 3.05) is 11.9 Å². The summed E-state index contributed by atoms with van der Waals surface area (Å²) in [6.07, 6.45) is 0. The molecule has 25 heavy (non-hydrogen) atoms. The van der Waals surface area contributed by atoms with Crippen molar-refractivity contribution in [3.63, 3.8) is 0 Å². The summed E-state index contributed by atoms with van der Waals surface area (Å²) in [4.78, 5) is 11.7. The van der Waals surface area contributed by atoms with Crippen LogP contribution >= 0.6 is 15.9 Å². The van der Waals surface area contributed by atoms with Gasteiger partial charge in [0, 0.05) is 10.7 Å². The van der Waals surface area contributed by atoms with E-state index < -0.39 is 5.91 Å². The Hall–Kier alpha value is -2.34. The molecule has 0 saturated carbocycles. The van der Waals surface area contributed by atoms with Crippen LogP contribution in [0.25, 0.3) is 16.6 Å². The number of aromatic nitrogens is 2. The molecule has 1 aromatic heterocycles. The number of rotatable bonds is 5. The van der Waals surface area contributed by atoms with Crippen LogP contribution in [0.2, 0.25) is 0 Å². The van der Waals surface area contributed by atoms with Gasteiger partial charge in [0.05, 0.1) is 17.8 Å². The second kappa shape index (κ2) is 8.67. The molecule has 0 saturated heterocycles. The van der Waals surface area contributed by atoms with E-state index in [2.05, 4.69) is 21.0 Å². The molecule has 0 aliphatic heterocycles. The van der Waals surface area contributed by atoms with E-state index in [0.29, 0.717) is 17.7 Å². The number of carbonyl (C=O) groups excluding carboxylic acids is 1. The molecule has 132 valence electrons. The minimum atomic E-state index is -0.556. The van der Waals surface area contributed by atoms with Crippen LogP contribution in [0.3, 0.4) is 0 Å². The third kappa shape index (κ3) is 4.20. The van der Waals surface area contributed by atoms with Crippen molar-refractivity contribution in [3.05, 3.63) is 53.7 Å². The monoisotopic (exact) mass is 403 g/mol. The van der Waals surface area contributed by atoms with Crippen molar-refractivity contribution in [3.8, 4) is 11.4 Å². The van der Waals surface area contributed by atoms with Crippen molar-refractivity contribution in [1.82, 2.24) is 9.78 Å². The van der Waals surface area contributed by atoms with Crippen molar-refractivity contribution < 1.29 is 9.53 Å². The zero-order valence-corrected chi connectivity index (χ0v) is 16.2. The highest BCUT2D eigenvalue weighted by Crippen LogP contribution is 2.26. The van der Waals surface area contributed by atoms with Crippen LogP contribution in [0.4, 0.5) is 0 Å². The third-order valence-electron chi connectivity index (χ3n) is 3.48. The van der Waals surface area contributed by atoms with Gasteiger partial charge in [-0.25, -0.2) is 4.68 Å². The Labute approximate surface area is 155 Å². The largest absolute Gasteiger partial charge is 0.493 e. The number of hydrogen-bond donors (Lipinski definition) is 1. The zero-order valence-electron chi connectivity index (χ0n) is 14.6. The first-order valence-electron chi connectivity index (χ1n) is 8.18. The minimum Gasteiger partial charge on any atom is -0.493 e. The number of benzene rings is 2. The molecule has 1 heterocycles. The minimum absolute atomic E-state index is 0.241. The molecule has 5 nitrogen and oxygen atoms in total. The molecule has 2 N–H and O–H groups in total. The van der Waals surface area contributed by atoms with E-state index in [0.717, 1.165) is 22.1 Å². The predicted octanol–water partition coefficient (Wildman–Crippen LogP) is 4.23. The topological polar surface area (TPSA) is 70.1 Å². The highest BCUT2D eigenvalue weighted by Gasteiger charge is 2.16. The van der Waals surface area contributed by atoms with E-state index in [4.69, 9.17) is 10.5 Å². The summed E-state index contributed by atoms with van der Waals surface area (Å²) >= 11 is 3.32. The van der Waals surface area contributed by atoms with Gasteiger partial charge in [-0.05, 0) is 42.8 Å². The molecule has 0 unspecified atom stereocenters. The van der Waals surface area contributed by atoms with Crippen molar-refractivity contribution >= 4 is 32.7 Å². The third-order valence-corrected chi connectivity index (χ3v) is 3.80. The Kier molecular flexibility index (Phi) is 6.58. The number of nitrogens with zero attached hydrogens (tertiary/aromatic N) is 2. The first-order valence-corrected chi connectivity index (χ1v) is 9.30. The second-order valence-corrected chi connectivity index (χ2v) is 5.97. The van der Waals surface area contributed by atoms with Crippen molar-refractivity contribution in [2.45, 2.75) is 20.8 Å². The number of nitrogens with two attached hydrogens (primary N) is 1. The van der Waals surface area contributed by atoms with Gasteiger partial charge in [0.25, 0.3) is 5.91 Å². The first kappa shape index (κ1) is 19.0. The Morgan fingerprint density at radius 2 is 2.00 bits per heavy atom. The number of primary amides is 1. The molecule has 3 rings (SSSR count). The highest BCUT2D eigenvalue weighted by atomic mass is 79.9. The second-order valence-electron chi connectivity index (χ2n) is 5.18. The fourth-order valence-corrected chi connectivity index (χ4v) is 2.64. The summed E-state index contributed by atoms with van der Waals surface area (Å²) < 4.78 is 7.33. The van der Waals surface area contributed by atoms with Gasteiger partial charge in [-0.1, -0.05) is 41.9 Å². The smallest absolute Gasteiger partial charge is 0.269 e. The van der Waals surface area contributed by atoms with Crippen LogP contribution < -0.4 is 10.5 Å². The van der Waals surface area contributed by atoms with Gasteiger partial charge < -0.3 is 10.5 Å². The van der Waals surface area contributed by atoms with Crippen LogP contribution in [0.5, 0.6) is 5.75 Å². The van der Waals surface area contributed by atoms with Gasteiger partial charge >= 0.3 is 0 Å². The number of carbonyl (C=O) groups is 1. The lowest BCUT2D eigenvalue weighted by Crippen LogP contribution is -2.12. The van der Waals surface area contributed by atoms with Crippen LogP contribution in [-0.4, -0.2) is 27.6 Å². The maximum absolute atomic E-state index is 11.7. The SMILES string of the molecule is CC.Cc1cccc(-n2nc(C(N)=O)c3cc(OCCBr)ccc32)c1. The molecule has 6 heteroatoms. The van der Waals surface area contributed by atoms with Gasteiger partial charge in [0.2, 0.25) is 0 Å². The van der Waals surface area contributed by atoms with E-state index in [1.54, 1.807) is 10.7 Å². The summed E-state index contributed by atoms with van der Waals surface area (Å²) in [6.45, 7) is 6.56. The fraction of sp³-hybridized carbons (Fsp3) is 0.263. The van der Waals surface area contributed by atoms with E-state index in [1.165, 1.54) is 0 Å². The summed E-state index contributed by atoms with van der Waals surface area (Å²) in [5.41, 5.74) is 8.55. The first-order chi connectivity index (χ1) is 12.1. The number of amides is 1. The Morgan fingerprint density at radius 1 is 1.24 bits per heavy atom. The summed E-state index contributed by atoms with van der Waals surface area (Å²) in [5, 5.41) is 5.82. The number of halogens is 1. The van der Waals surface area contributed by atoms with Gasteiger partial charge in [-0.15, -0.1) is 0 Å². The lowest BCUT2D eigenvalue weighted by Gasteiger charge is -2.06. The molecule has 0 fully saturated rings. The molecule has 1 amide bonds. The van der Waals surface area contributed by atoms with Crippen LogP contribution in [-0.2, 0) is 0 Å². The lowest BCUT2D eigenvalue weighted by molar-refractivity contribution is 0.0996. The maximum atomic E-state index is 11.7. The molecular formula is C19H22BrN3O2. The Balaban J connectivity index is 0.00000109. The van der Waals surface area contributed by atoms with Crippen LogP contribution in [0.15, 0.2) is 42.5 Å². The summed E-state index contributed by atoms with van der Waals surface area (Å²) in [5.74, 6) is 0.127. The summed E-state index contributed by atoms with van der Waals surface area (Å²) in [6, 6.07) is 13.5. The van der Waals surface area contributed by atoms with Crippen LogP contribution in [0.1, 0.15) is 29.9 Å².